The Labute approximate surface area is 268 Å². The van der Waals surface area contributed by atoms with Crippen LogP contribution in [0.25, 0.3) is 0 Å². The van der Waals surface area contributed by atoms with Gasteiger partial charge in [-0.15, -0.1) is 0 Å². The van der Waals surface area contributed by atoms with Crippen molar-refractivity contribution in [2.45, 2.75) is 91.5 Å². The lowest BCUT2D eigenvalue weighted by molar-refractivity contribution is 0.0938. The van der Waals surface area contributed by atoms with Crippen molar-refractivity contribution in [3.63, 3.8) is 0 Å². The van der Waals surface area contributed by atoms with Crippen LogP contribution in [0, 0.1) is 0 Å². The van der Waals surface area contributed by atoms with Gasteiger partial charge in [-0.2, -0.15) is 0 Å². The van der Waals surface area contributed by atoms with Crippen molar-refractivity contribution in [2.24, 2.45) is 0 Å². The number of hydrogen-bond donors (Lipinski definition) is 0. The summed E-state index contributed by atoms with van der Waals surface area (Å²) in [4.78, 5) is 0. The maximum absolute atomic E-state index is 14.7. The highest BCUT2D eigenvalue weighted by Crippen LogP contribution is 2.72. The largest absolute Gasteiger partial charge is 0.364 e. The molecular formula is C32H45O8P3S. The quantitative estimate of drug-likeness (QED) is 0.129. The second kappa shape index (κ2) is 16.4. The summed E-state index contributed by atoms with van der Waals surface area (Å²) in [5.74, 6) is -2.54. The first-order valence-electron chi connectivity index (χ1n) is 14.7. The van der Waals surface area contributed by atoms with Gasteiger partial charge in [0.05, 0.1) is 24.4 Å². The van der Waals surface area contributed by atoms with E-state index in [9.17, 15) is 9.13 Å². The van der Waals surface area contributed by atoms with Crippen molar-refractivity contribution >= 4 is 38.8 Å². The van der Waals surface area contributed by atoms with Gasteiger partial charge in [0, 0.05) is 5.30 Å². The zero-order chi connectivity index (χ0) is 32.5. The molecule has 0 radical (unpaired) electrons. The molecule has 242 valence electrons. The fourth-order valence-electron chi connectivity index (χ4n) is 4.30. The Balaban J connectivity index is 2.28. The van der Waals surface area contributed by atoms with Crippen LogP contribution in [-0.2, 0) is 48.1 Å². The van der Waals surface area contributed by atoms with Gasteiger partial charge in [0.2, 0.25) is 6.49 Å². The molecule has 44 heavy (non-hydrogen) atoms. The van der Waals surface area contributed by atoms with Crippen LogP contribution in [0.3, 0.4) is 0 Å². The van der Waals surface area contributed by atoms with E-state index in [-0.39, 0.29) is 0 Å². The first-order chi connectivity index (χ1) is 20.7. The summed E-state index contributed by atoms with van der Waals surface area (Å²) in [6, 6.07) is 27.0. The maximum Gasteiger partial charge on any atom is 0.364 e. The number of benzene rings is 3. The van der Waals surface area contributed by atoms with E-state index in [0.717, 1.165) is 0 Å². The Hall–Kier alpha value is -1.47. The van der Waals surface area contributed by atoms with E-state index in [1.165, 1.54) is 0 Å². The lowest BCUT2D eigenvalue weighted by atomic mass is 10.2. The summed E-state index contributed by atoms with van der Waals surface area (Å²) in [6.07, 6.45) is -1.83. The average molecular weight is 683 g/mol. The summed E-state index contributed by atoms with van der Waals surface area (Å²) in [5.41, 5.74) is 1.06. The predicted molar refractivity (Wildman–Crippen MR) is 181 cm³/mol. The van der Waals surface area contributed by atoms with Crippen molar-refractivity contribution < 1.29 is 36.3 Å². The Bertz CT molecular complexity index is 1320. The van der Waals surface area contributed by atoms with Gasteiger partial charge in [0.25, 0.3) is 0 Å². The van der Waals surface area contributed by atoms with Crippen LogP contribution >= 0.6 is 21.7 Å². The fourth-order valence-corrected chi connectivity index (χ4v) is 12.9. The van der Waals surface area contributed by atoms with Gasteiger partial charge in [0.1, 0.15) is 0 Å². The molecule has 0 heterocycles. The summed E-state index contributed by atoms with van der Waals surface area (Å²) in [5, 5.41) is 0.512. The zero-order valence-electron chi connectivity index (χ0n) is 26.6. The van der Waals surface area contributed by atoms with Crippen LogP contribution in [0.15, 0.2) is 91.0 Å². The molecular weight excluding hydrogens is 637 g/mol. The Morgan fingerprint density at radius 3 is 1.00 bits per heavy atom. The lowest BCUT2D eigenvalue weighted by Crippen LogP contribution is -2.21. The summed E-state index contributed by atoms with van der Waals surface area (Å²) in [6.45, 7) is 10.5. The van der Waals surface area contributed by atoms with E-state index in [0.29, 0.717) is 16.4 Å². The Morgan fingerprint density at radius 1 is 0.455 bits per heavy atom. The fraction of sp³-hybridized carbons (Fsp3) is 0.438. The van der Waals surface area contributed by atoms with Crippen LogP contribution in [-0.4, -0.2) is 24.4 Å². The van der Waals surface area contributed by atoms with Gasteiger partial charge >= 0.3 is 15.2 Å². The molecule has 0 saturated heterocycles. The zero-order valence-corrected chi connectivity index (χ0v) is 30.1. The monoisotopic (exact) mass is 682 g/mol. The molecule has 0 fully saturated rings. The highest BCUT2D eigenvalue weighted by Gasteiger charge is 2.48. The highest BCUT2D eigenvalue weighted by atomic mass is 32.5. The van der Waals surface area contributed by atoms with E-state index in [2.05, 4.69) is 0 Å². The molecule has 0 bridgehead atoms. The molecule has 8 nitrogen and oxygen atoms in total. The maximum atomic E-state index is 14.7. The molecule has 0 aromatic heterocycles. The number of rotatable bonds is 17. The van der Waals surface area contributed by atoms with Gasteiger partial charge in [-0.25, -0.2) is 0 Å². The molecule has 3 aromatic carbocycles. The van der Waals surface area contributed by atoms with Gasteiger partial charge in [0.15, 0.2) is 11.7 Å². The highest BCUT2D eigenvalue weighted by molar-refractivity contribution is 8.13. The van der Waals surface area contributed by atoms with Crippen molar-refractivity contribution in [2.75, 3.05) is 0 Å². The Kier molecular flexibility index (Phi) is 13.8. The average Bonchev–Trinajstić information content (AvgIpc) is 2.94. The summed E-state index contributed by atoms with van der Waals surface area (Å²) >= 11 is 6.32. The van der Waals surface area contributed by atoms with E-state index >= 15 is 0 Å². The van der Waals surface area contributed by atoms with Crippen LogP contribution in [0.1, 0.15) is 78.2 Å². The molecule has 3 rings (SSSR count). The van der Waals surface area contributed by atoms with Crippen molar-refractivity contribution in [1.82, 2.24) is 0 Å². The van der Waals surface area contributed by atoms with Crippen molar-refractivity contribution in [3.05, 3.63) is 102 Å². The van der Waals surface area contributed by atoms with Gasteiger partial charge in [-0.3, -0.25) is 9.13 Å². The van der Waals surface area contributed by atoms with Gasteiger partial charge in [-0.05, 0) is 90.5 Å². The minimum absolute atomic E-state index is 0.457. The normalized spacial score (nSPS) is 14.5. The molecule has 0 aliphatic heterocycles. The van der Waals surface area contributed by atoms with Gasteiger partial charge in [-0.1, -0.05) is 78.9 Å². The molecule has 2 atom stereocenters. The van der Waals surface area contributed by atoms with Crippen molar-refractivity contribution in [1.29, 1.82) is 0 Å². The molecule has 0 spiro atoms. The minimum Gasteiger partial charge on any atom is -0.305 e. The third-order valence-electron chi connectivity index (χ3n) is 5.72. The molecule has 3 aromatic rings. The molecule has 12 heteroatoms. The standard InChI is InChI=1S/C32H45O8P3S/c1-24(2)35-41(33,36-25(3)4)31(28-18-12-9-13-19-28)39-43(44,30-22-16-11-17-23-30)40-32(29-20-14-10-15-21-29)42(34,37-26(5)6)38-27(7)8/h9-27,31-32H,1-8H3/t31-,32-/m1/s1. The first kappa shape index (κ1) is 37.0. The Morgan fingerprint density at radius 2 is 0.727 bits per heavy atom. The minimum atomic E-state index is -4.05. The second-order valence-electron chi connectivity index (χ2n) is 11.3. The summed E-state index contributed by atoms with van der Waals surface area (Å²) < 4.78 is 67.2. The van der Waals surface area contributed by atoms with E-state index in [4.69, 9.17) is 38.9 Å². The topological polar surface area (TPSA) is 89.5 Å². The van der Waals surface area contributed by atoms with Crippen LogP contribution < -0.4 is 5.30 Å². The molecule has 0 amide bonds. The molecule has 0 aliphatic rings. The molecule has 0 saturated carbocycles. The van der Waals surface area contributed by atoms with Crippen LogP contribution in [0.2, 0.25) is 0 Å². The molecule has 0 unspecified atom stereocenters. The third kappa shape index (κ3) is 10.3. The van der Waals surface area contributed by atoms with Gasteiger partial charge < -0.3 is 27.1 Å². The molecule has 0 N–H and O–H groups in total. The second-order valence-corrected chi connectivity index (χ2v) is 18.6. The SMILES string of the molecule is CC(C)OP(=O)(OC(C)C)[C@@H](OP(=S)(O[C@@H](c1ccccc1)P(=O)(OC(C)C)OC(C)C)c1ccccc1)c1ccccc1. The first-order valence-corrected chi connectivity index (χ1v) is 20.6. The van der Waals surface area contributed by atoms with E-state index in [1.807, 2.05) is 54.6 Å². The number of hydrogen-bond acceptors (Lipinski definition) is 9. The summed E-state index contributed by atoms with van der Waals surface area (Å²) in [7, 11) is -8.11. The van der Waals surface area contributed by atoms with E-state index < -0.39 is 57.8 Å². The van der Waals surface area contributed by atoms with Crippen LogP contribution in [0.5, 0.6) is 0 Å². The smallest absolute Gasteiger partial charge is 0.305 e. The third-order valence-corrected chi connectivity index (χ3v) is 13.9. The van der Waals surface area contributed by atoms with E-state index in [1.54, 1.807) is 91.8 Å². The predicted octanol–water partition coefficient (Wildman–Crippen LogP) is 10.1. The van der Waals surface area contributed by atoms with Crippen LogP contribution in [0.4, 0.5) is 0 Å². The van der Waals surface area contributed by atoms with Crippen molar-refractivity contribution in [3.8, 4) is 0 Å². The molecule has 0 aliphatic carbocycles. The lowest BCUT2D eigenvalue weighted by Gasteiger charge is -2.37.